The molecule has 0 saturated carbocycles. The molecule has 2 atom stereocenters. The number of rotatable bonds is 12. The summed E-state index contributed by atoms with van der Waals surface area (Å²) in [5.74, 6) is -1.60. The zero-order valence-corrected chi connectivity index (χ0v) is 34.3. The monoisotopic (exact) mass is 755 g/mol. The molecule has 0 radical (unpaired) electrons. The standard InChI is InChI=1S/C20H21.C19H19.C4H11Si.2ClH.Zr/c1-3-6-16-9-11-17(12-10-16)19-8-5-7-18-13-15(4-2)14-20(18)19;1-3-5-15-8-10-16(11-9-15)18-7-4-6-17-12-14(2)13-19(17)18;1-3-5-4-2;;;/h5,7-14H,3-4,6H2,1-2H3;4,6-13H,3,5H2,1-2H3;5H,3-4H2,1-2H3;2*1H;/q;;;;;+2/p-2. The van der Waals surface area contributed by atoms with Gasteiger partial charge in [-0.3, -0.25) is 0 Å². The second-order valence-electron chi connectivity index (χ2n) is 14.1. The molecule has 0 aliphatic heterocycles. The number of hydrogen-bond donors (Lipinski definition) is 0. The van der Waals surface area contributed by atoms with Gasteiger partial charge in [-0.2, -0.15) is 0 Å². The van der Waals surface area contributed by atoms with E-state index in [-0.39, 0.29) is 7.25 Å². The minimum atomic E-state index is -4.82. The molecule has 0 heterocycles. The summed E-state index contributed by atoms with van der Waals surface area (Å²) in [6.45, 7) is 13.9. The van der Waals surface area contributed by atoms with Crippen molar-refractivity contribution in [1.82, 2.24) is 0 Å². The quantitative estimate of drug-likeness (QED) is 0.126. The van der Waals surface area contributed by atoms with E-state index in [9.17, 15) is 0 Å². The zero-order valence-electron chi connectivity index (χ0n) is 29.2. The van der Waals surface area contributed by atoms with E-state index >= 15 is 0 Å². The van der Waals surface area contributed by atoms with Crippen LogP contribution in [-0.4, -0.2) is 5.92 Å². The third-order valence-corrected chi connectivity index (χ3v) is 61.4. The Morgan fingerprint density at radius 3 is 1.51 bits per heavy atom. The summed E-state index contributed by atoms with van der Waals surface area (Å²) < 4.78 is 0.250. The molecule has 0 aromatic heterocycles. The summed E-state index contributed by atoms with van der Waals surface area (Å²) in [5.41, 5.74) is 16.2. The number of hydrogen-bond acceptors (Lipinski definition) is 0. The third kappa shape index (κ3) is 5.98. The van der Waals surface area contributed by atoms with Crippen molar-refractivity contribution in [3.05, 3.63) is 129 Å². The molecule has 2 unspecified atom stereocenters. The van der Waals surface area contributed by atoms with Crippen LogP contribution in [0.5, 0.6) is 0 Å². The second kappa shape index (κ2) is 14.1. The van der Waals surface area contributed by atoms with E-state index in [0.717, 1.165) is 44.2 Å². The van der Waals surface area contributed by atoms with Crippen LogP contribution in [0.25, 0.3) is 34.4 Å². The van der Waals surface area contributed by atoms with E-state index in [1.54, 1.807) is 0 Å². The SMILES string of the molecule is CCCc1ccc(-c2cccc3c2C=C(C)[CH]3[Zr]([Cl])([Cl])([CH]2C(CC)=Cc3c(-c4ccc(CCC)cc4)cccc32)[SiH](CC)CC)cc1. The Kier molecular flexibility index (Phi) is 10.5. The van der Waals surface area contributed by atoms with Crippen molar-refractivity contribution in [2.45, 2.75) is 93.0 Å². The van der Waals surface area contributed by atoms with Crippen LogP contribution in [0.1, 0.15) is 101 Å². The molecule has 2 aliphatic rings. The normalized spacial score (nSPS) is 18.0. The van der Waals surface area contributed by atoms with Crippen LogP contribution in [0.15, 0.2) is 96.1 Å². The molecular formula is C43H51Cl2SiZr. The van der Waals surface area contributed by atoms with Crippen LogP contribution in [0.4, 0.5) is 0 Å². The molecule has 0 bridgehead atoms. The second-order valence-corrected chi connectivity index (χ2v) is 54.8. The summed E-state index contributed by atoms with van der Waals surface area (Å²) >= 11 is -4.82. The molecule has 0 amide bonds. The van der Waals surface area contributed by atoms with E-state index in [1.165, 1.54) is 66.8 Å². The van der Waals surface area contributed by atoms with Crippen LogP contribution in [-0.2, 0) is 28.4 Å². The van der Waals surface area contributed by atoms with E-state index < -0.39 is 21.5 Å². The predicted octanol–water partition coefficient (Wildman–Crippen LogP) is 13.7. The summed E-state index contributed by atoms with van der Waals surface area (Å²) in [4.78, 5) is 0. The van der Waals surface area contributed by atoms with Gasteiger partial charge in [-0.15, -0.1) is 0 Å². The Balaban J connectivity index is 1.53. The first-order valence-electron chi connectivity index (χ1n) is 18.1. The van der Waals surface area contributed by atoms with Gasteiger partial charge in [-0.1, -0.05) is 0 Å². The molecule has 6 rings (SSSR count). The van der Waals surface area contributed by atoms with Gasteiger partial charge in [-0.05, 0) is 0 Å². The summed E-state index contributed by atoms with van der Waals surface area (Å²) in [6.07, 6.45) is 10.5. The molecule has 0 saturated heterocycles. The molecule has 0 nitrogen and oxygen atoms in total. The Morgan fingerprint density at radius 1 is 0.596 bits per heavy atom. The van der Waals surface area contributed by atoms with Gasteiger partial charge >= 0.3 is 295 Å². The Labute approximate surface area is 293 Å². The summed E-state index contributed by atoms with van der Waals surface area (Å²) in [6, 6.07) is 34.5. The number of halogens is 2. The van der Waals surface area contributed by atoms with Gasteiger partial charge in [0.15, 0.2) is 0 Å². The Hall–Kier alpha value is -1.96. The average Bonchev–Trinajstić information content (AvgIpc) is 3.65. The first-order chi connectivity index (χ1) is 22.7. The van der Waals surface area contributed by atoms with E-state index in [2.05, 4.69) is 139 Å². The predicted molar refractivity (Wildman–Crippen MR) is 209 cm³/mol. The zero-order chi connectivity index (χ0) is 33.4. The van der Waals surface area contributed by atoms with Gasteiger partial charge in [0.2, 0.25) is 0 Å². The molecule has 4 aromatic rings. The fourth-order valence-electron chi connectivity index (χ4n) is 9.20. The van der Waals surface area contributed by atoms with Crippen LogP contribution in [0, 0.1) is 0 Å². The van der Waals surface area contributed by atoms with Gasteiger partial charge in [0.1, 0.15) is 0 Å². The Bertz CT molecular complexity index is 1810. The first-order valence-corrected chi connectivity index (χ1v) is 33.7. The maximum atomic E-state index is 8.76. The van der Waals surface area contributed by atoms with Gasteiger partial charge in [-0.25, -0.2) is 0 Å². The molecule has 0 N–H and O–H groups in total. The number of benzene rings is 4. The van der Waals surface area contributed by atoms with Gasteiger partial charge in [0, 0.05) is 0 Å². The van der Waals surface area contributed by atoms with Crippen LogP contribution in [0.2, 0.25) is 12.1 Å². The molecule has 2 aliphatic carbocycles. The van der Waals surface area contributed by atoms with Gasteiger partial charge in [0.05, 0.1) is 0 Å². The molecular weight excluding hydrogens is 707 g/mol. The molecule has 47 heavy (non-hydrogen) atoms. The number of aryl methyl sites for hydroxylation is 2. The fraction of sp³-hybridized carbons (Fsp3) is 0.349. The Morgan fingerprint density at radius 2 is 1.06 bits per heavy atom. The van der Waals surface area contributed by atoms with Gasteiger partial charge in [0.25, 0.3) is 0 Å². The van der Waals surface area contributed by atoms with Crippen molar-refractivity contribution < 1.29 is 15.6 Å². The number of allylic oxidation sites excluding steroid dienone is 2. The number of fused-ring (bicyclic) bond motifs is 2. The molecule has 4 aromatic carbocycles. The summed E-state index contributed by atoms with van der Waals surface area (Å²) in [5, 5.41) is 0. The van der Waals surface area contributed by atoms with Crippen molar-refractivity contribution in [3.63, 3.8) is 0 Å². The topological polar surface area (TPSA) is 0 Å². The fourth-order valence-corrected chi connectivity index (χ4v) is 62.9. The molecule has 245 valence electrons. The van der Waals surface area contributed by atoms with E-state index in [0.29, 0.717) is 0 Å². The summed E-state index contributed by atoms with van der Waals surface area (Å²) in [7, 11) is 17.5. The van der Waals surface area contributed by atoms with Crippen molar-refractivity contribution >= 4 is 35.1 Å². The maximum absolute atomic E-state index is 8.76. The van der Waals surface area contributed by atoms with Crippen LogP contribution >= 0.6 is 17.0 Å². The third-order valence-electron chi connectivity index (χ3n) is 11.3. The van der Waals surface area contributed by atoms with Gasteiger partial charge < -0.3 is 0 Å². The molecule has 4 heteroatoms. The van der Waals surface area contributed by atoms with Crippen molar-refractivity contribution in [2.24, 2.45) is 0 Å². The van der Waals surface area contributed by atoms with Crippen LogP contribution < -0.4 is 0 Å². The molecule has 0 spiro atoms. The average molecular weight is 758 g/mol. The van der Waals surface area contributed by atoms with Crippen molar-refractivity contribution in [2.75, 3.05) is 0 Å². The minimum absolute atomic E-state index is 0.119. The van der Waals surface area contributed by atoms with Crippen LogP contribution in [0.3, 0.4) is 0 Å². The first kappa shape index (κ1) is 34.9. The molecule has 0 fully saturated rings. The van der Waals surface area contributed by atoms with Crippen molar-refractivity contribution in [3.8, 4) is 22.3 Å². The van der Waals surface area contributed by atoms with E-state index in [1.807, 2.05) is 0 Å². The van der Waals surface area contributed by atoms with Crippen molar-refractivity contribution in [1.29, 1.82) is 0 Å². The van der Waals surface area contributed by atoms with E-state index in [4.69, 9.17) is 17.0 Å².